The predicted octanol–water partition coefficient (Wildman–Crippen LogP) is 3.76. The molecule has 0 bridgehead atoms. The molecule has 0 spiro atoms. The highest BCUT2D eigenvalue weighted by molar-refractivity contribution is 9.10. The molecule has 0 unspecified atom stereocenters. The van der Waals surface area contributed by atoms with Gasteiger partial charge in [-0.1, -0.05) is 22.0 Å². The van der Waals surface area contributed by atoms with E-state index in [9.17, 15) is 4.79 Å². The molecule has 0 saturated heterocycles. The van der Waals surface area contributed by atoms with E-state index >= 15 is 0 Å². The predicted molar refractivity (Wildman–Crippen MR) is 75.9 cm³/mol. The van der Waals surface area contributed by atoms with Gasteiger partial charge in [0.2, 0.25) is 0 Å². The van der Waals surface area contributed by atoms with Gasteiger partial charge in [-0.15, -0.1) is 0 Å². The summed E-state index contributed by atoms with van der Waals surface area (Å²) in [7, 11) is 0. The van der Waals surface area contributed by atoms with E-state index in [-0.39, 0.29) is 5.69 Å². The SMILES string of the molecule is CC(C)(C)OC(=O)c1c(C#N)[nH]c2cc(Br)ccc12. The van der Waals surface area contributed by atoms with E-state index in [2.05, 4.69) is 20.9 Å². The topological polar surface area (TPSA) is 65.9 Å². The van der Waals surface area contributed by atoms with Crippen molar-refractivity contribution in [3.63, 3.8) is 0 Å². The molecule has 0 aliphatic carbocycles. The summed E-state index contributed by atoms with van der Waals surface area (Å²) in [4.78, 5) is 15.1. The number of benzene rings is 1. The molecule has 5 heteroatoms. The van der Waals surface area contributed by atoms with Crippen LogP contribution >= 0.6 is 15.9 Å². The molecule has 2 aromatic rings. The maximum Gasteiger partial charge on any atom is 0.342 e. The van der Waals surface area contributed by atoms with Crippen LogP contribution in [0.5, 0.6) is 0 Å². The molecule has 0 amide bonds. The number of rotatable bonds is 1. The van der Waals surface area contributed by atoms with Gasteiger partial charge in [0.25, 0.3) is 0 Å². The Balaban J connectivity index is 2.59. The minimum absolute atomic E-state index is 0.224. The number of fused-ring (bicyclic) bond motifs is 1. The molecule has 0 saturated carbocycles. The number of carbonyl (C=O) groups excluding carboxylic acids is 1. The molecule has 98 valence electrons. The fourth-order valence-corrected chi connectivity index (χ4v) is 2.16. The van der Waals surface area contributed by atoms with Gasteiger partial charge in [-0.3, -0.25) is 0 Å². The number of nitrogens with zero attached hydrogens (tertiary/aromatic N) is 1. The number of ether oxygens (including phenoxy) is 1. The quantitative estimate of drug-likeness (QED) is 0.813. The fraction of sp³-hybridized carbons (Fsp3) is 0.286. The van der Waals surface area contributed by atoms with Gasteiger partial charge in [0.1, 0.15) is 22.9 Å². The first kappa shape index (κ1) is 13.6. The van der Waals surface area contributed by atoms with Gasteiger partial charge in [-0.25, -0.2) is 4.79 Å². The number of nitriles is 1. The summed E-state index contributed by atoms with van der Waals surface area (Å²) < 4.78 is 6.22. The van der Waals surface area contributed by atoms with Crippen LogP contribution in [0.15, 0.2) is 22.7 Å². The second-order valence-corrected chi connectivity index (χ2v) is 6.09. The second-order valence-electron chi connectivity index (χ2n) is 5.18. The van der Waals surface area contributed by atoms with Gasteiger partial charge < -0.3 is 9.72 Å². The summed E-state index contributed by atoms with van der Waals surface area (Å²) in [6.45, 7) is 5.38. The first-order chi connectivity index (χ1) is 8.81. The standard InChI is InChI=1S/C14H13BrN2O2/c1-14(2,3)19-13(18)12-9-5-4-8(15)6-10(9)17-11(12)7-16/h4-6,17H,1-3H3. The molecular weight excluding hydrogens is 308 g/mol. The highest BCUT2D eigenvalue weighted by atomic mass is 79.9. The number of H-pyrrole nitrogens is 1. The maximum atomic E-state index is 12.2. The lowest BCUT2D eigenvalue weighted by Gasteiger charge is -2.19. The highest BCUT2D eigenvalue weighted by Gasteiger charge is 2.24. The number of hydrogen-bond acceptors (Lipinski definition) is 3. The average Bonchev–Trinajstić information content (AvgIpc) is 2.63. The minimum atomic E-state index is -0.594. The monoisotopic (exact) mass is 320 g/mol. The normalized spacial score (nSPS) is 11.3. The van der Waals surface area contributed by atoms with Crippen molar-refractivity contribution in [1.82, 2.24) is 4.98 Å². The molecule has 0 aliphatic rings. The van der Waals surface area contributed by atoms with E-state index in [4.69, 9.17) is 10.00 Å². The van der Waals surface area contributed by atoms with Crippen molar-refractivity contribution in [2.45, 2.75) is 26.4 Å². The Hall–Kier alpha value is -1.80. The van der Waals surface area contributed by atoms with Crippen LogP contribution < -0.4 is 0 Å². The Labute approximate surface area is 119 Å². The lowest BCUT2D eigenvalue weighted by Crippen LogP contribution is -2.24. The molecule has 0 atom stereocenters. The molecule has 1 aromatic heterocycles. The molecule has 1 aromatic carbocycles. The zero-order valence-electron chi connectivity index (χ0n) is 10.9. The summed E-state index contributed by atoms with van der Waals surface area (Å²) >= 11 is 3.35. The maximum absolute atomic E-state index is 12.2. The second kappa shape index (κ2) is 4.71. The van der Waals surface area contributed by atoms with Gasteiger partial charge in [-0.05, 0) is 32.9 Å². The van der Waals surface area contributed by atoms with E-state index < -0.39 is 11.6 Å². The molecule has 2 rings (SSSR count). The Morgan fingerprint density at radius 1 is 1.42 bits per heavy atom. The Morgan fingerprint density at radius 3 is 2.68 bits per heavy atom. The van der Waals surface area contributed by atoms with Crippen molar-refractivity contribution >= 4 is 32.8 Å². The van der Waals surface area contributed by atoms with E-state index in [0.29, 0.717) is 10.9 Å². The number of carbonyl (C=O) groups is 1. The summed E-state index contributed by atoms with van der Waals surface area (Å²) in [5.41, 5.74) is 0.650. The third kappa shape index (κ3) is 2.79. The van der Waals surface area contributed by atoms with Crippen LogP contribution in [0.2, 0.25) is 0 Å². The lowest BCUT2D eigenvalue weighted by atomic mass is 10.1. The molecule has 0 radical (unpaired) electrons. The third-order valence-electron chi connectivity index (χ3n) is 2.48. The van der Waals surface area contributed by atoms with Crippen LogP contribution in [0.3, 0.4) is 0 Å². The largest absolute Gasteiger partial charge is 0.456 e. The molecule has 19 heavy (non-hydrogen) atoms. The summed E-state index contributed by atoms with van der Waals surface area (Å²) in [6.07, 6.45) is 0. The van der Waals surface area contributed by atoms with E-state index in [0.717, 1.165) is 9.99 Å². The smallest absolute Gasteiger partial charge is 0.342 e. The Bertz CT molecular complexity index is 690. The number of halogens is 1. The third-order valence-corrected chi connectivity index (χ3v) is 2.97. The van der Waals surface area contributed by atoms with Gasteiger partial charge in [0.05, 0.1) is 0 Å². The molecule has 1 N–H and O–H groups in total. The molecule has 0 fully saturated rings. The molecule has 1 heterocycles. The average molecular weight is 321 g/mol. The van der Waals surface area contributed by atoms with Crippen molar-refractivity contribution in [3.05, 3.63) is 33.9 Å². The van der Waals surface area contributed by atoms with Crippen LogP contribution in [0, 0.1) is 11.3 Å². The molecular formula is C14H13BrN2O2. The zero-order chi connectivity index (χ0) is 14.2. The van der Waals surface area contributed by atoms with Crippen molar-refractivity contribution in [3.8, 4) is 6.07 Å². The van der Waals surface area contributed by atoms with Crippen LogP contribution in [-0.2, 0) is 4.74 Å². The van der Waals surface area contributed by atoms with Crippen LogP contribution in [-0.4, -0.2) is 16.6 Å². The fourth-order valence-electron chi connectivity index (χ4n) is 1.79. The number of aromatic nitrogens is 1. The van der Waals surface area contributed by atoms with Gasteiger partial charge in [-0.2, -0.15) is 5.26 Å². The van der Waals surface area contributed by atoms with Gasteiger partial charge in [0, 0.05) is 15.4 Å². The Kier molecular flexibility index (Phi) is 3.38. The summed E-state index contributed by atoms with van der Waals surface area (Å²) in [5, 5.41) is 9.82. The number of nitrogens with one attached hydrogen (secondary N) is 1. The first-order valence-electron chi connectivity index (χ1n) is 5.76. The van der Waals surface area contributed by atoms with Crippen molar-refractivity contribution in [2.75, 3.05) is 0 Å². The van der Waals surface area contributed by atoms with Crippen LogP contribution in [0.25, 0.3) is 10.9 Å². The highest BCUT2D eigenvalue weighted by Crippen LogP contribution is 2.27. The van der Waals surface area contributed by atoms with Crippen LogP contribution in [0.4, 0.5) is 0 Å². The van der Waals surface area contributed by atoms with E-state index in [1.54, 1.807) is 26.8 Å². The minimum Gasteiger partial charge on any atom is -0.456 e. The van der Waals surface area contributed by atoms with E-state index in [1.807, 2.05) is 18.2 Å². The summed E-state index contributed by atoms with van der Waals surface area (Å²) in [6, 6.07) is 7.44. The molecule has 4 nitrogen and oxygen atoms in total. The van der Waals surface area contributed by atoms with Crippen LogP contribution in [0.1, 0.15) is 36.8 Å². The first-order valence-corrected chi connectivity index (χ1v) is 6.56. The summed E-state index contributed by atoms with van der Waals surface area (Å²) in [5.74, 6) is -0.488. The zero-order valence-corrected chi connectivity index (χ0v) is 12.5. The Morgan fingerprint density at radius 2 is 2.11 bits per heavy atom. The van der Waals surface area contributed by atoms with Crippen molar-refractivity contribution in [2.24, 2.45) is 0 Å². The molecule has 0 aliphatic heterocycles. The number of esters is 1. The van der Waals surface area contributed by atoms with Crippen molar-refractivity contribution < 1.29 is 9.53 Å². The lowest BCUT2D eigenvalue weighted by molar-refractivity contribution is 0.00716. The van der Waals surface area contributed by atoms with Gasteiger partial charge >= 0.3 is 5.97 Å². The number of hydrogen-bond donors (Lipinski definition) is 1. The van der Waals surface area contributed by atoms with Gasteiger partial charge in [0.15, 0.2) is 0 Å². The number of aromatic amines is 1. The van der Waals surface area contributed by atoms with E-state index in [1.165, 1.54) is 0 Å². The van der Waals surface area contributed by atoms with Crippen molar-refractivity contribution in [1.29, 1.82) is 5.26 Å².